The zero-order valence-electron chi connectivity index (χ0n) is 16.0. The Hall–Kier alpha value is -3.43. The number of hydrazine groups is 2. The van der Waals surface area contributed by atoms with Crippen molar-refractivity contribution in [1.82, 2.24) is 25.8 Å². The van der Waals surface area contributed by atoms with Crippen molar-refractivity contribution < 1.29 is 14.0 Å². The van der Waals surface area contributed by atoms with Gasteiger partial charge in [-0.05, 0) is 36.2 Å². The lowest BCUT2D eigenvalue weighted by atomic mass is 10.00. The highest BCUT2D eigenvalue weighted by Gasteiger charge is 2.48. The molecule has 3 atom stereocenters. The highest BCUT2D eigenvalue weighted by molar-refractivity contribution is 5.94. The smallest absolute Gasteiger partial charge is 0.324 e. The third-order valence-corrected chi connectivity index (χ3v) is 5.56. The van der Waals surface area contributed by atoms with Crippen molar-refractivity contribution in [2.24, 2.45) is 0 Å². The van der Waals surface area contributed by atoms with Gasteiger partial charge >= 0.3 is 6.03 Å². The number of nitrogens with one attached hydrogen (secondary N) is 3. The average molecular weight is 408 g/mol. The molecule has 3 N–H and O–H groups in total. The first kappa shape index (κ1) is 18.6. The molecule has 3 aliphatic heterocycles. The van der Waals surface area contributed by atoms with E-state index in [1.54, 1.807) is 35.4 Å². The van der Waals surface area contributed by atoms with Gasteiger partial charge in [0.15, 0.2) is 0 Å². The summed E-state index contributed by atoms with van der Waals surface area (Å²) in [5.74, 6) is -0.551. The van der Waals surface area contributed by atoms with E-state index in [0.717, 1.165) is 12.0 Å². The SMILES string of the molecule is O=C(CN1NC2C3CC(c4ccc(F)cc4)NN3C=CN2C1=O)Nc1ccccc1. The van der Waals surface area contributed by atoms with Crippen LogP contribution in [0.4, 0.5) is 14.9 Å². The van der Waals surface area contributed by atoms with Crippen LogP contribution in [0.2, 0.25) is 0 Å². The Morgan fingerprint density at radius 3 is 2.60 bits per heavy atom. The van der Waals surface area contributed by atoms with E-state index in [9.17, 15) is 14.0 Å². The molecule has 3 unspecified atom stereocenters. The first-order chi connectivity index (χ1) is 14.6. The van der Waals surface area contributed by atoms with Gasteiger partial charge < -0.3 is 10.3 Å². The van der Waals surface area contributed by atoms with Gasteiger partial charge in [-0.3, -0.25) is 9.69 Å². The molecule has 2 saturated heterocycles. The normalized spacial score (nSPS) is 24.8. The minimum absolute atomic E-state index is 0.00697. The number of hydrogen-bond acceptors (Lipinski definition) is 5. The summed E-state index contributed by atoms with van der Waals surface area (Å²) in [6, 6.07) is 15.2. The Bertz CT molecular complexity index is 983. The number of rotatable bonds is 4. The molecule has 2 fully saturated rings. The molecule has 2 aromatic rings. The molecule has 2 aromatic carbocycles. The fraction of sp³-hybridized carbons (Fsp3) is 0.238. The quantitative estimate of drug-likeness (QED) is 0.723. The van der Waals surface area contributed by atoms with Gasteiger partial charge in [-0.15, -0.1) is 0 Å². The van der Waals surface area contributed by atoms with Gasteiger partial charge in [-0.25, -0.2) is 25.0 Å². The zero-order valence-corrected chi connectivity index (χ0v) is 16.0. The molecular formula is C21H21FN6O2. The summed E-state index contributed by atoms with van der Waals surface area (Å²) in [7, 11) is 0. The second-order valence-corrected chi connectivity index (χ2v) is 7.51. The maximum absolute atomic E-state index is 13.2. The molecule has 3 aliphatic rings. The largest absolute Gasteiger partial charge is 0.340 e. The summed E-state index contributed by atoms with van der Waals surface area (Å²) in [5.41, 5.74) is 8.22. The van der Waals surface area contributed by atoms with E-state index in [1.807, 2.05) is 29.4 Å². The van der Waals surface area contributed by atoms with E-state index in [0.29, 0.717) is 5.69 Å². The molecule has 9 heteroatoms. The number of hydrogen-bond donors (Lipinski definition) is 3. The topological polar surface area (TPSA) is 80.0 Å². The number of benzene rings is 2. The van der Waals surface area contributed by atoms with Crippen molar-refractivity contribution in [3.8, 4) is 0 Å². The van der Waals surface area contributed by atoms with Crippen LogP contribution in [0, 0.1) is 5.82 Å². The number of halogens is 1. The Morgan fingerprint density at radius 1 is 1.07 bits per heavy atom. The summed E-state index contributed by atoms with van der Waals surface area (Å²) in [6.45, 7) is -0.101. The van der Waals surface area contributed by atoms with Crippen LogP contribution in [0.25, 0.3) is 0 Å². The first-order valence-electron chi connectivity index (χ1n) is 9.78. The Labute approximate surface area is 172 Å². The molecule has 3 heterocycles. The van der Waals surface area contributed by atoms with E-state index in [-0.39, 0.29) is 42.5 Å². The van der Waals surface area contributed by atoms with Crippen molar-refractivity contribution in [3.63, 3.8) is 0 Å². The van der Waals surface area contributed by atoms with Crippen LogP contribution in [0.1, 0.15) is 18.0 Å². The molecule has 154 valence electrons. The lowest BCUT2D eigenvalue weighted by molar-refractivity contribution is -0.117. The monoisotopic (exact) mass is 408 g/mol. The number of fused-ring (bicyclic) bond motifs is 3. The molecule has 8 nitrogen and oxygen atoms in total. The molecule has 3 amide bonds. The highest BCUT2D eigenvalue weighted by atomic mass is 19.1. The highest BCUT2D eigenvalue weighted by Crippen LogP contribution is 2.34. The van der Waals surface area contributed by atoms with Crippen LogP contribution in [0.3, 0.4) is 0 Å². The van der Waals surface area contributed by atoms with Gasteiger partial charge in [-0.2, -0.15) is 0 Å². The van der Waals surface area contributed by atoms with Crippen molar-refractivity contribution in [2.75, 3.05) is 11.9 Å². The van der Waals surface area contributed by atoms with Gasteiger partial charge in [-0.1, -0.05) is 30.3 Å². The predicted octanol–water partition coefficient (Wildman–Crippen LogP) is 2.14. The van der Waals surface area contributed by atoms with Crippen LogP contribution in [-0.2, 0) is 4.79 Å². The summed E-state index contributed by atoms with van der Waals surface area (Å²) < 4.78 is 13.2. The fourth-order valence-electron chi connectivity index (χ4n) is 4.11. The van der Waals surface area contributed by atoms with Crippen LogP contribution in [0.5, 0.6) is 0 Å². The van der Waals surface area contributed by atoms with E-state index < -0.39 is 0 Å². The summed E-state index contributed by atoms with van der Waals surface area (Å²) in [4.78, 5) is 26.8. The first-order valence-corrected chi connectivity index (χ1v) is 9.78. The van der Waals surface area contributed by atoms with Crippen molar-refractivity contribution in [2.45, 2.75) is 24.7 Å². The van der Waals surface area contributed by atoms with Gasteiger partial charge in [0.05, 0.1) is 12.1 Å². The molecule has 0 saturated carbocycles. The third kappa shape index (κ3) is 3.38. The standard InChI is InChI=1S/C21H21FN6O2/c22-15-8-6-14(7-9-15)17-12-18-20-25-28(21(30)26(20)10-11-27(18)24-17)13-19(29)23-16-4-2-1-3-5-16/h1-11,17-18,20,24-25H,12-13H2,(H,23,29). The zero-order chi connectivity index (χ0) is 20.7. The van der Waals surface area contributed by atoms with Gasteiger partial charge in [0.25, 0.3) is 0 Å². The summed E-state index contributed by atoms with van der Waals surface area (Å²) in [5, 5.41) is 6.08. The number of para-hydroxylation sites is 1. The number of nitrogens with zero attached hydrogens (tertiary/aromatic N) is 3. The van der Waals surface area contributed by atoms with E-state index in [2.05, 4.69) is 16.2 Å². The molecule has 30 heavy (non-hydrogen) atoms. The predicted molar refractivity (Wildman–Crippen MR) is 108 cm³/mol. The number of carbonyl (C=O) groups is 2. The van der Waals surface area contributed by atoms with Gasteiger partial charge in [0, 0.05) is 18.1 Å². The van der Waals surface area contributed by atoms with Crippen molar-refractivity contribution in [3.05, 3.63) is 78.4 Å². The lowest BCUT2D eigenvalue weighted by Gasteiger charge is -2.34. The van der Waals surface area contributed by atoms with E-state index in [1.165, 1.54) is 17.1 Å². The molecule has 0 aromatic heterocycles. The van der Waals surface area contributed by atoms with Gasteiger partial charge in [0.1, 0.15) is 18.5 Å². The van der Waals surface area contributed by atoms with Crippen molar-refractivity contribution in [1.29, 1.82) is 0 Å². The van der Waals surface area contributed by atoms with E-state index in [4.69, 9.17) is 0 Å². The van der Waals surface area contributed by atoms with Crippen LogP contribution < -0.4 is 16.2 Å². The Kier molecular flexibility index (Phi) is 4.61. The molecule has 5 rings (SSSR count). The maximum Gasteiger partial charge on any atom is 0.340 e. The molecule has 0 spiro atoms. The second kappa shape index (κ2) is 7.43. The summed E-state index contributed by atoms with van der Waals surface area (Å²) >= 11 is 0. The molecule has 0 aliphatic carbocycles. The Morgan fingerprint density at radius 2 is 1.83 bits per heavy atom. The number of urea groups is 1. The number of carbonyl (C=O) groups excluding carboxylic acids is 2. The molecular weight excluding hydrogens is 387 g/mol. The fourth-order valence-corrected chi connectivity index (χ4v) is 4.11. The van der Waals surface area contributed by atoms with Gasteiger partial charge in [0.2, 0.25) is 5.91 Å². The van der Waals surface area contributed by atoms with Crippen molar-refractivity contribution >= 4 is 17.6 Å². The van der Waals surface area contributed by atoms with Crippen LogP contribution in [0.15, 0.2) is 67.0 Å². The molecule has 0 bridgehead atoms. The van der Waals surface area contributed by atoms with E-state index >= 15 is 0 Å². The number of amides is 3. The average Bonchev–Trinajstić information content (AvgIpc) is 3.31. The number of anilines is 1. The Balaban J connectivity index is 1.26. The maximum atomic E-state index is 13.2. The second-order valence-electron chi connectivity index (χ2n) is 7.51. The van der Waals surface area contributed by atoms with Crippen LogP contribution in [-0.4, -0.2) is 45.6 Å². The van der Waals surface area contributed by atoms with Crippen LogP contribution >= 0.6 is 0 Å². The summed E-state index contributed by atoms with van der Waals surface area (Å²) in [6.07, 6.45) is 3.94. The minimum Gasteiger partial charge on any atom is -0.324 e. The lowest BCUT2D eigenvalue weighted by Crippen LogP contribution is -2.54. The molecule has 0 radical (unpaired) electrons. The minimum atomic E-state index is -0.301. The third-order valence-electron chi connectivity index (χ3n) is 5.56.